The van der Waals surface area contributed by atoms with Crippen LogP contribution in [0.3, 0.4) is 0 Å². The molecule has 31 heavy (non-hydrogen) atoms. The second kappa shape index (κ2) is 8.66. The second-order valence-electron chi connectivity index (χ2n) is 7.29. The highest BCUT2D eigenvalue weighted by Crippen LogP contribution is 2.30. The molecule has 0 unspecified atom stereocenters. The Labute approximate surface area is 182 Å². The number of Topliss-reactive ketones (excluding diaryl/α,β-unsaturated/α-hetero) is 1. The number of hydrogen-bond donors (Lipinski definition) is 1. The number of halogens is 3. The molecule has 0 N–H and O–H groups in total. The minimum absolute atomic E-state index is 0.115. The third kappa shape index (κ3) is 4.87. The first-order chi connectivity index (χ1) is 14.8. The van der Waals surface area contributed by atoms with E-state index >= 15 is 0 Å². The van der Waals surface area contributed by atoms with Gasteiger partial charge in [0.2, 0.25) is 0 Å². The molecular weight excluding hydrogens is 425 g/mol. The van der Waals surface area contributed by atoms with Crippen LogP contribution < -0.4 is 4.90 Å². The van der Waals surface area contributed by atoms with Gasteiger partial charge in [0.25, 0.3) is 0 Å². The molecule has 160 valence electrons. The van der Waals surface area contributed by atoms with E-state index in [4.69, 9.17) is 0 Å². The van der Waals surface area contributed by atoms with Gasteiger partial charge >= 0.3 is 6.18 Å². The number of carbonyl (C=O) groups excluding carboxylic acids is 1. The number of pyridine rings is 1. The molecule has 2 aromatic heterocycles. The fourth-order valence-corrected chi connectivity index (χ4v) is 3.69. The van der Waals surface area contributed by atoms with Crippen molar-refractivity contribution in [3.05, 3.63) is 82.6 Å². The summed E-state index contributed by atoms with van der Waals surface area (Å²) in [6.45, 7) is 1.26. The number of benzene rings is 1. The summed E-state index contributed by atoms with van der Waals surface area (Å²) in [5.74, 6) is 1.55. The smallest absolute Gasteiger partial charge is 0.352 e. The van der Waals surface area contributed by atoms with Crippen LogP contribution in [0, 0.1) is 0 Å². The number of rotatable bonds is 5. The SMILES string of the molecule is O=C(Cc1cccc(C(F)(F)F)c1)c1ccnc(N2CCc3nc(CS)ncc3C2)c1. The molecule has 0 bridgehead atoms. The number of aromatic nitrogens is 3. The van der Waals surface area contributed by atoms with Crippen molar-refractivity contribution < 1.29 is 18.0 Å². The lowest BCUT2D eigenvalue weighted by Gasteiger charge is -2.29. The predicted molar refractivity (Wildman–Crippen MR) is 113 cm³/mol. The van der Waals surface area contributed by atoms with E-state index in [-0.39, 0.29) is 12.2 Å². The van der Waals surface area contributed by atoms with Gasteiger partial charge in [-0.3, -0.25) is 4.79 Å². The number of hydrogen-bond acceptors (Lipinski definition) is 6. The summed E-state index contributed by atoms with van der Waals surface area (Å²) < 4.78 is 38.8. The van der Waals surface area contributed by atoms with E-state index in [1.165, 1.54) is 12.1 Å². The zero-order valence-corrected chi connectivity index (χ0v) is 17.3. The van der Waals surface area contributed by atoms with Crippen LogP contribution in [0.25, 0.3) is 0 Å². The van der Waals surface area contributed by atoms with Gasteiger partial charge in [-0.2, -0.15) is 25.8 Å². The lowest BCUT2D eigenvalue weighted by molar-refractivity contribution is -0.137. The molecule has 0 spiro atoms. The first kappa shape index (κ1) is 21.3. The zero-order chi connectivity index (χ0) is 22.0. The third-order valence-electron chi connectivity index (χ3n) is 5.14. The summed E-state index contributed by atoms with van der Waals surface area (Å²) >= 11 is 4.21. The second-order valence-corrected chi connectivity index (χ2v) is 7.60. The number of thiol groups is 1. The lowest BCUT2D eigenvalue weighted by atomic mass is 10.0. The summed E-state index contributed by atoms with van der Waals surface area (Å²) in [4.78, 5) is 27.9. The Kier molecular flexibility index (Phi) is 5.95. The Morgan fingerprint density at radius 3 is 2.77 bits per heavy atom. The Hall–Kier alpha value is -2.94. The van der Waals surface area contributed by atoms with Crippen molar-refractivity contribution in [2.75, 3.05) is 11.4 Å². The van der Waals surface area contributed by atoms with Crippen molar-refractivity contribution >= 4 is 24.2 Å². The minimum Gasteiger partial charge on any atom is -0.352 e. The molecule has 1 aliphatic rings. The number of fused-ring (bicyclic) bond motifs is 1. The van der Waals surface area contributed by atoms with Crippen LogP contribution in [0.4, 0.5) is 19.0 Å². The van der Waals surface area contributed by atoms with Crippen LogP contribution in [0.2, 0.25) is 0 Å². The topological polar surface area (TPSA) is 59.0 Å². The Morgan fingerprint density at radius 2 is 2.00 bits per heavy atom. The average Bonchev–Trinajstić information content (AvgIpc) is 2.78. The predicted octanol–water partition coefficient (Wildman–Crippen LogP) is 4.31. The van der Waals surface area contributed by atoms with Gasteiger partial charge in [0.1, 0.15) is 11.6 Å². The van der Waals surface area contributed by atoms with Crippen molar-refractivity contribution in [1.82, 2.24) is 15.0 Å². The average molecular weight is 444 g/mol. The molecule has 1 aliphatic heterocycles. The quantitative estimate of drug-likeness (QED) is 0.470. The minimum atomic E-state index is -4.44. The third-order valence-corrected chi connectivity index (χ3v) is 5.42. The van der Waals surface area contributed by atoms with Gasteiger partial charge in [-0.25, -0.2) is 15.0 Å². The molecule has 9 heteroatoms. The van der Waals surface area contributed by atoms with Gasteiger partial charge in [-0.15, -0.1) is 0 Å². The van der Waals surface area contributed by atoms with Crippen LogP contribution in [-0.2, 0) is 31.3 Å². The van der Waals surface area contributed by atoms with E-state index in [0.29, 0.717) is 41.6 Å². The van der Waals surface area contributed by atoms with Crippen molar-refractivity contribution in [3.63, 3.8) is 0 Å². The fraction of sp³-hybridized carbons (Fsp3) is 0.273. The maximum absolute atomic E-state index is 12.9. The molecule has 0 saturated carbocycles. The van der Waals surface area contributed by atoms with Crippen LogP contribution >= 0.6 is 12.6 Å². The van der Waals surface area contributed by atoms with Crippen LogP contribution in [0.15, 0.2) is 48.8 Å². The highest BCUT2D eigenvalue weighted by molar-refractivity contribution is 7.79. The number of ketones is 1. The number of alkyl halides is 3. The molecule has 0 aliphatic carbocycles. The molecular formula is C22H19F3N4OS. The molecule has 0 fully saturated rings. The van der Waals surface area contributed by atoms with E-state index < -0.39 is 11.7 Å². The highest BCUT2D eigenvalue weighted by atomic mass is 32.1. The number of carbonyl (C=O) groups is 1. The zero-order valence-electron chi connectivity index (χ0n) is 16.4. The van der Waals surface area contributed by atoms with Gasteiger partial charge in [0.15, 0.2) is 5.78 Å². The molecule has 0 radical (unpaired) electrons. The van der Waals surface area contributed by atoms with E-state index in [0.717, 1.165) is 29.8 Å². The summed E-state index contributed by atoms with van der Waals surface area (Å²) in [5, 5.41) is 0. The Morgan fingerprint density at radius 1 is 1.16 bits per heavy atom. The van der Waals surface area contributed by atoms with Crippen molar-refractivity contribution in [3.8, 4) is 0 Å². The maximum atomic E-state index is 12.9. The number of anilines is 1. The van der Waals surface area contributed by atoms with E-state index in [2.05, 4.69) is 27.6 Å². The summed E-state index contributed by atoms with van der Waals surface area (Å²) in [6.07, 6.45) is -0.489. The monoisotopic (exact) mass is 444 g/mol. The van der Waals surface area contributed by atoms with Gasteiger partial charge < -0.3 is 4.90 Å². The first-order valence-electron chi connectivity index (χ1n) is 9.68. The fourth-order valence-electron chi connectivity index (χ4n) is 3.54. The normalized spacial score (nSPS) is 13.7. The van der Waals surface area contributed by atoms with Crippen LogP contribution in [0.5, 0.6) is 0 Å². The van der Waals surface area contributed by atoms with Crippen LogP contribution in [-0.4, -0.2) is 27.3 Å². The Bertz CT molecular complexity index is 1120. The van der Waals surface area contributed by atoms with Gasteiger partial charge in [-0.1, -0.05) is 18.2 Å². The van der Waals surface area contributed by atoms with E-state index in [1.807, 2.05) is 4.90 Å². The van der Waals surface area contributed by atoms with Gasteiger partial charge in [0, 0.05) is 49.5 Å². The largest absolute Gasteiger partial charge is 0.416 e. The molecule has 1 aromatic carbocycles. The maximum Gasteiger partial charge on any atom is 0.416 e. The van der Waals surface area contributed by atoms with Gasteiger partial charge in [-0.05, 0) is 23.8 Å². The summed E-state index contributed by atoms with van der Waals surface area (Å²) in [5.41, 5.74) is 1.96. The van der Waals surface area contributed by atoms with Crippen molar-refractivity contribution in [2.24, 2.45) is 0 Å². The highest BCUT2D eigenvalue weighted by Gasteiger charge is 2.30. The molecule has 0 saturated heterocycles. The molecule has 0 atom stereocenters. The summed E-state index contributed by atoms with van der Waals surface area (Å²) in [7, 11) is 0. The van der Waals surface area contributed by atoms with E-state index in [9.17, 15) is 18.0 Å². The Balaban J connectivity index is 1.50. The standard InChI is InChI=1S/C22H19F3N4OS/c23-22(24,25)17-3-1-2-14(8-17)9-19(30)15-4-6-26-21(10-15)29-7-5-18-16(12-29)11-27-20(13-31)28-18/h1-4,6,8,10-11,31H,5,7,9,12-13H2. The molecule has 4 rings (SSSR count). The van der Waals surface area contributed by atoms with E-state index in [1.54, 1.807) is 24.5 Å². The van der Waals surface area contributed by atoms with Crippen molar-refractivity contribution in [2.45, 2.75) is 31.3 Å². The number of nitrogens with zero attached hydrogens (tertiary/aromatic N) is 4. The van der Waals surface area contributed by atoms with Gasteiger partial charge in [0.05, 0.1) is 17.0 Å². The van der Waals surface area contributed by atoms with Crippen molar-refractivity contribution in [1.29, 1.82) is 0 Å². The lowest BCUT2D eigenvalue weighted by Crippen LogP contribution is -2.32. The van der Waals surface area contributed by atoms with Crippen LogP contribution in [0.1, 0.15) is 38.6 Å². The molecule has 3 heterocycles. The molecule has 3 aromatic rings. The molecule has 5 nitrogen and oxygen atoms in total. The molecule has 0 amide bonds. The first-order valence-corrected chi connectivity index (χ1v) is 10.3. The summed E-state index contributed by atoms with van der Waals surface area (Å²) in [6, 6.07) is 8.12.